The zero-order valence-corrected chi connectivity index (χ0v) is 12.0. The van der Waals surface area contributed by atoms with E-state index in [0.29, 0.717) is 0 Å². The lowest BCUT2D eigenvalue weighted by Crippen LogP contribution is -1.92. The number of hydrogen-bond acceptors (Lipinski definition) is 2. The fraction of sp³-hybridized carbons (Fsp3) is 0.167. The molecule has 0 radical (unpaired) electrons. The molecule has 0 amide bonds. The number of carbonyl (C=O) groups is 1. The summed E-state index contributed by atoms with van der Waals surface area (Å²) in [6, 6.07) is 11.9. The van der Waals surface area contributed by atoms with E-state index in [1.54, 1.807) is 7.11 Å². The average molecular weight is 280 g/mol. The van der Waals surface area contributed by atoms with Gasteiger partial charge in [-0.15, -0.1) is 0 Å². The van der Waals surface area contributed by atoms with Crippen molar-refractivity contribution in [3.05, 3.63) is 59.2 Å². The quantitative estimate of drug-likeness (QED) is 0.743. The van der Waals surface area contributed by atoms with Crippen molar-refractivity contribution in [1.29, 1.82) is 0 Å². The highest BCUT2D eigenvalue weighted by Gasteiger charge is 2.27. The van der Waals surface area contributed by atoms with Gasteiger partial charge in [0.25, 0.3) is 0 Å². The summed E-state index contributed by atoms with van der Waals surface area (Å²) < 4.78 is 5.45. The molecule has 0 aromatic heterocycles. The first-order valence-corrected chi connectivity index (χ1v) is 6.91. The molecule has 1 N–H and O–H groups in total. The van der Waals surface area contributed by atoms with E-state index in [1.807, 2.05) is 18.2 Å². The number of methoxy groups -OCH3 is 1. The van der Waals surface area contributed by atoms with Crippen LogP contribution in [0.4, 0.5) is 0 Å². The van der Waals surface area contributed by atoms with E-state index in [9.17, 15) is 9.90 Å². The van der Waals surface area contributed by atoms with Crippen LogP contribution < -0.4 is 4.74 Å². The molecule has 0 bridgehead atoms. The minimum absolute atomic E-state index is 0.752. The Kier molecular flexibility index (Phi) is 3.26. The fourth-order valence-corrected chi connectivity index (χ4v) is 2.88. The van der Waals surface area contributed by atoms with Crippen LogP contribution in [0, 0.1) is 0 Å². The third-order valence-corrected chi connectivity index (χ3v) is 3.86. The molecule has 0 aliphatic heterocycles. The SMILES string of the molecule is CCc1ccc2c(c1)/C(=C\C(=O)O)c1cccc(OC)c1-2. The average Bonchev–Trinajstić information content (AvgIpc) is 2.80. The number of aliphatic carboxylic acids is 1. The van der Waals surface area contributed by atoms with Gasteiger partial charge in [-0.25, -0.2) is 4.79 Å². The predicted molar refractivity (Wildman–Crippen MR) is 82.5 cm³/mol. The van der Waals surface area contributed by atoms with E-state index in [2.05, 4.69) is 25.1 Å². The van der Waals surface area contributed by atoms with E-state index in [4.69, 9.17) is 4.74 Å². The molecule has 21 heavy (non-hydrogen) atoms. The molecule has 2 aromatic rings. The first-order chi connectivity index (χ1) is 10.2. The summed E-state index contributed by atoms with van der Waals surface area (Å²) in [4.78, 5) is 11.2. The van der Waals surface area contributed by atoms with E-state index >= 15 is 0 Å². The van der Waals surface area contributed by atoms with Gasteiger partial charge in [0.1, 0.15) is 5.75 Å². The summed E-state index contributed by atoms with van der Waals surface area (Å²) in [5.74, 6) is -0.166. The molecular weight excluding hydrogens is 264 g/mol. The summed E-state index contributed by atoms with van der Waals surface area (Å²) in [6.07, 6.45) is 2.20. The maximum Gasteiger partial charge on any atom is 0.328 e. The molecule has 0 heterocycles. The van der Waals surface area contributed by atoms with Crippen molar-refractivity contribution in [2.75, 3.05) is 7.11 Å². The third kappa shape index (κ3) is 2.11. The van der Waals surface area contributed by atoms with Crippen LogP contribution in [0.2, 0.25) is 0 Å². The van der Waals surface area contributed by atoms with E-state index in [1.165, 1.54) is 11.6 Å². The van der Waals surface area contributed by atoms with Gasteiger partial charge in [0.2, 0.25) is 0 Å². The Balaban J connectivity index is 2.34. The lowest BCUT2D eigenvalue weighted by atomic mass is 10.0. The number of ether oxygens (including phenoxy) is 1. The first kappa shape index (κ1) is 13.4. The summed E-state index contributed by atoms with van der Waals surface area (Å²) in [7, 11) is 1.63. The van der Waals surface area contributed by atoms with Crippen molar-refractivity contribution in [3.8, 4) is 16.9 Å². The summed E-state index contributed by atoms with van der Waals surface area (Å²) >= 11 is 0. The second-order valence-corrected chi connectivity index (χ2v) is 5.01. The van der Waals surface area contributed by atoms with Crippen molar-refractivity contribution in [3.63, 3.8) is 0 Å². The molecule has 1 aliphatic carbocycles. The number of hydrogen-bond donors (Lipinski definition) is 1. The zero-order chi connectivity index (χ0) is 15.0. The second-order valence-electron chi connectivity index (χ2n) is 5.01. The minimum Gasteiger partial charge on any atom is -0.496 e. The first-order valence-electron chi connectivity index (χ1n) is 6.91. The Morgan fingerprint density at radius 2 is 2.00 bits per heavy atom. The molecule has 106 valence electrons. The molecule has 0 saturated heterocycles. The van der Waals surface area contributed by atoms with Crippen molar-refractivity contribution in [1.82, 2.24) is 0 Å². The van der Waals surface area contributed by atoms with Crippen molar-refractivity contribution in [2.24, 2.45) is 0 Å². The number of aryl methyl sites for hydroxylation is 1. The van der Waals surface area contributed by atoms with Gasteiger partial charge in [0.15, 0.2) is 0 Å². The normalized spacial score (nSPS) is 13.9. The molecule has 2 aromatic carbocycles. The van der Waals surface area contributed by atoms with Gasteiger partial charge in [0, 0.05) is 11.6 Å². The Labute approximate surface area is 123 Å². The Morgan fingerprint density at radius 3 is 2.67 bits per heavy atom. The third-order valence-electron chi connectivity index (χ3n) is 3.86. The lowest BCUT2D eigenvalue weighted by Gasteiger charge is -2.07. The van der Waals surface area contributed by atoms with Gasteiger partial charge in [-0.05, 0) is 40.3 Å². The van der Waals surface area contributed by atoms with Crippen LogP contribution in [-0.2, 0) is 11.2 Å². The molecular formula is C18H16O3. The highest BCUT2D eigenvalue weighted by atomic mass is 16.5. The van der Waals surface area contributed by atoms with E-state index in [-0.39, 0.29) is 0 Å². The van der Waals surface area contributed by atoms with Crippen LogP contribution in [0.5, 0.6) is 5.75 Å². The Bertz CT molecular complexity index is 757. The fourth-order valence-electron chi connectivity index (χ4n) is 2.88. The van der Waals surface area contributed by atoms with Crippen LogP contribution in [0.15, 0.2) is 42.5 Å². The maximum absolute atomic E-state index is 11.2. The van der Waals surface area contributed by atoms with Crippen molar-refractivity contribution >= 4 is 11.5 Å². The number of fused-ring (bicyclic) bond motifs is 3. The molecule has 3 nitrogen and oxygen atoms in total. The van der Waals surface area contributed by atoms with Crippen LogP contribution in [0.3, 0.4) is 0 Å². The molecule has 0 spiro atoms. The highest BCUT2D eigenvalue weighted by Crippen LogP contribution is 2.48. The van der Waals surface area contributed by atoms with Crippen LogP contribution in [0.25, 0.3) is 16.7 Å². The number of carboxylic acids is 1. The number of rotatable bonds is 3. The number of benzene rings is 2. The minimum atomic E-state index is -0.937. The van der Waals surface area contributed by atoms with Gasteiger partial charge in [-0.2, -0.15) is 0 Å². The largest absolute Gasteiger partial charge is 0.496 e. The smallest absolute Gasteiger partial charge is 0.328 e. The maximum atomic E-state index is 11.2. The molecule has 0 fully saturated rings. The van der Waals surface area contributed by atoms with Gasteiger partial charge in [-0.1, -0.05) is 37.3 Å². The number of carboxylic acid groups (broad SMARTS) is 1. The standard InChI is InChI=1S/C18H16O3/c1-3-11-7-8-13-14(9-11)15(10-17(19)20)12-5-4-6-16(21-2)18(12)13/h4-10H,3H2,1-2H3,(H,19,20)/b15-10-. The van der Waals surface area contributed by atoms with Crippen LogP contribution >= 0.6 is 0 Å². The molecule has 0 unspecified atom stereocenters. The van der Waals surface area contributed by atoms with Crippen molar-refractivity contribution in [2.45, 2.75) is 13.3 Å². The summed E-state index contributed by atoms with van der Waals surface area (Å²) in [5.41, 5.74) is 5.84. The van der Waals surface area contributed by atoms with E-state index < -0.39 is 5.97 Å². The molecule has 3 rings (SSSR count). The molecule has 0 atom stereocenters. The molecule has 0 saturated carbocycles. The Hall–Kier alpha value is -2.55. The van der Waals surface area contributed by atoms with Gasteiger partial charge in [-0.3, -0.25) is 0 Å². The van der Waals surface area contributed by atoms with Gasteiger partial charge < -0.3 is 9.84 Å². The molecule has 3 heteroatoms. The zero-order valence-electron chi connectivity index (χ0n) is 12.0. The monoisotopic (exact) mass is 280 g/mol. The topological polar surface area (TPSA) is 46.5 Å². The van der Waals surface area contributed by atoms with Crippen molar-refractivity contribution < 1.29 is 14.6 Å². The van der Waals surface area contributed by atoms with Gasteiger partial charge >= 0.3 is 5.97 Å². The predicted octanol–water partition coefficient (Wildman–Crippen LogP) is 3.75. The second kappa shape index (κ2) is 5.09. The lowest BCUT2D eigenvalue weighted by molar-refractivity contribution is -0.131. The highest BCUT2D eigenvalue weighted by molar-refractivity contribution is 6.08. The van der Waals surface area contributed by atoms with Gasteiger partial charge in [0.05, 0.1) is 7.11 Å². The Morgan fingerprint density at radius 1 is 1.19 bits per heavy atom. The summed E-state index contributed by atoms with van der Waals surface area (Å²) in [6.45, 7) is 2.09. The van der Waals surface area contributed by atoms with Crippen LogP contribution in [0.1, 0.15) is 23.6 Å². The van der Waals surface area contributed by atoms with Crippen LogP contribution in [-0.4, -0.2) is 18.2 Å². The molecule has 1 aliphatic rings. The van der Waals surface area contributed by atoms with E-state index in [0.717, 1.165) is 40.0 Å². The summed E-state index contributed by atoms with van der Waals surface area (Å²) in [5, 5.41) is 9.17.